The maximum atomic E-state index is 4.91. The minimum atomic E-state index is 0.446. The van der Waals surface area contributed by atoms with Crippen LogP contribution in [0.3, 0.4) is 0 Å². The molecule has 0 bridgehead atoms. The summed E-state index contributed by atoms with van der Waals surface area (Å²) in [6.45, 7) is 0. The van der Waals surface area contributed by atoms with Gasteiger partial charge in [-0.1, -0.05) is 84.9 Å². The zero-order chi connectivity index (χ0) is 30.7. The van der Waals surface area contributed by atoms with E-state index >= 15 is 0 Å². The molecule has 0 aliphatic rings. The van der Waals surface area contributed by atoms with Crippen molar-refractivity contribution < 1.29 is 0 Å². The van der Waals surface area contributed by atoms with Crippen molar-refractivity contribution in [3.8, 4) is 68.3 Å². The van der Waals surface area contributed by atoms with Crippen molar-refractivity contribution in [2.75, 3.05) is 0 Å². The minimum Gasteiger partial charge on any atom is -0.255 e. The number of benzene rings is 3. The van der Waals surface area contributed by atoms with Gasteiger partial charge in [-0.15, -0.1) is 0 Å². The molecule has 5 aromatic heterocycles. The van der Waals surface area contributed by atoms with E-state index in [2.05, 4.69) is 64.6 Å². The highest BCUT2D eigenvalue weighted by Gasteiger charge is 2.16. The average Bonchev–Trinajstić information content (AvgIpc) is 3.15. The molecule has 0 aliphatic heterocycles. The molecule has 5 heterocycles. The summed E-state index contributed by atoms with van der Waals surface area (Å²) in [4.78, 5) is 33.4. The second kappa shape index (κ2) is 11.9. The Balaban J connectivity index is 1.23. The topological polar surface area (TPSA) is 90.2 Å². The number of hydrogen-bond acceptors (Lipinski definition) is 7. The van der Waals surface area contributed by atoms with Crippen LogP contribution in [0.1, 0.15) is 0 Å². The zero-order valence-electron chi connectivity index (χ0n) is 24.6. The van der Waals surface area contributed by atoms with Gasteiger partial charge in [0.25, 0.3) is 0 Å². The van der Waals surface area contributed by atoms with Gasteiger partial charge in [0.05, 0.1) is 22.8 Å². The lowest BCUT2D eigenvalue weighted by atomic mass is 10.0. The second-order valence-electron chi connectivity index (χ2n) is 10.7. The first-order valence-electron chi connectivity index (χ1n) is 14.9. The summed E-state index contributed by atoms with van der Waals surface area (Å²) < 4.78 is 0. The number of hydrogen-bond donors (Lipinski definition) is 0. The highest BCUT2D eigenvalue weighted by atomic mass is 15.1. The van der Waals surface area contributed by atoms with E-state index in [9.17, 15) is 0 Å². The van der Waals surface area contributed by atoms with Gasteiger partial charge in [0.1, 0.15) is 11.4 Å². The molecule has 216 valence electrons. The molecule has 3 aromatic carbocycles. The average molecular weight is 592 g/mol. The molecular formula is C39H25N7. The SMILES string of the molecule is c1ccc(-c2cccc(-c3nc(-c4ccc(-c5ccc6ccccc6c5)cc4)nc(-c4cccc(-c5ccccn5)n4)n3)n2)nc1. The van der Waals surface area contributed by atoms with Crippen LogP contribution in [-0.2, 0) is 0 Å². The van der Waals surface area contributed by atoms with Crippen LogP contribution in [0.15, 0.2) is 152 Å². The summed E-state index contributed by atoms with van der Waals surface area (Å²) in [6.07, 6.45) is 3.51. The molecule has 0 radical (unpaired) electrons. The van der Waals surface area contributed by atoms with Crippen molar-refractivity contribution in [2.24, 2.45) is 0 Å². The van der Waals surface area contributed by atoms with Crippen LogP contribution in [0.25, 0.3) is 79.1 Å². The smallest absolute Gasteiger partial charge is 0.182 e. The number of fused-ring (bicyclic) bond motifs is 1. The molecule has 7 nitrogen and oxygen atoms in total. The maximum Gasteiger partial charge on any atom is 0.182 e. The van der Waals surface area contributed by atoms with Crippen LogP contribution < -0.4 is 0 Å². The van der Waals surface area contributed by atoms with E-state index in [0.717, 1.165) is 39.5 Å². The lowest BCUT2D eigenvalue weighted by molar-refractivity contribution is 1.04. The first-order chi connectivity index (χ1) is 22.8. The fourth-order valence-electron chi connectivity index (χ4n) is 5.35. The highest BCUT2D eigenvalue weighted by molar-refractivity contribution is 5.87. The fourth-order valence-corrected chi connectivity index (χ4v) is 5.35. The molecule has 0 unspecified atom stereocenters. The van der Waals surface area contributed by atoms with Gasteiger partial charge in [0.15, 0.2) is 17.5 Å². The van der Waals surface area contributed by atoms with Crippen LogP contribution in [0, 0.1) is 0 Å². The lowest BCUT2D eigenvalue weighted by Crippen LogP contribution is -2.03. The van der Waals surface area contributed by atoms with Gasteiger partial charge in [-0.3, -0.25) is 9.97 Å². The van der Waals surface area contributed by atoms with Crippen LogP contribution >= 0.6 is 0 Å². The fraction of sp³-hybridized carbons (Fsp3) is 0. The Morgan fingerprint density at radius 2 is 0.761 bits per heavy atom. The molecule has 0 N–H and O–H groups in total. The summed E-state index contributed by atoms with van der Waals surface area (Å²) >= 11 is 0. The van der Waals surface area contributed by atoms with Crippen LogP contribution in [-0.4, -0.2) is 34.9 Å². The van der Waals surface area contributed by atoms with E-state index in [4.69, 9.17) is 24.9 Å². The third kappa shape index (κ3) is 5.49. The molecule has 8 aromatic rings. The van der Waals surface area contributed by atoms with E-state index in [1.165, 1.54) is 10.8 Å². The molecule has 46 heavy (non-hydrogen) atoms. The third-order valence-electron chi connectivity index (χ3n) is 7.67. The Labute approximate surface area is 265 Å². The van der Waals surface area contributed by atoms with Gasteiger partial charge < -0.3 is 0 Å². The van der Waals surface area contributed by atoms with Crippen molar-refractivity contribution in [1.29, 1.82) is 0 Å². The quantitative estimate of drug-likeness (QED) is 0.191. The normalized spacial score (nSPS) is 11.0. The summed E-state index contributed by atoms with van der Waals surface area (Å²) in [5.41, 5.74) is 7.35. The largest absolute Gasteiger partial charge is 0.255 e. The number of pyridine rings is 4. The number of nitrogens with zero attached hydrogens (tertiary/aromatic N) is 7. The monoisotopic (exact) mass is 591 g/mol. The number of rotatable bonds is 6. The Hall–Kier alpha value is -6.47. The lowest BCUT2D eigenvalue weighted by Gasteiger charge is -2.10. The van der Waals surface area contributed by atoms with Crippen LogP contribution in [0.4, 0.5) is 0 Å². The zero-order valence-corrected chi connectivity index (χ0v) is 24.6. The summed E-state index contributed by atoms with van der Waals surface area (Å²) in [6, 6.07) is 46.2. The van der Waals surface area contributed by atoms with Crippen molar-refractivity contribution in [2.45, 2.75) is 0 Å². The van der Waals surface area contributed by atoms with Gasteiger partial charge in [-0.2, -0.15) is 0 Å². The third-order valence-corrected chi connectivity index (χ3v) is 7.67. The number of aromatic nitrogens is 7. The second-order valence-corrected chi connectivity index (χ2v) is 10.7. The maximum absolute atomic E-state index is 4.91. The molecule has 0 spiro atoms. The predicted octanol–water partition coefficient (Wildman–Crippen LogP) is 8.61. The Kier molecular flexibility index (Phi) is 7.01. The molecule has 0 atom stereocenters. The standard InChI is InChI=1S/C39H25N7/c1-2-10-29-25-30(22-19-26(29)9-1)27-17-20-28(21-18-27)37-44-38(35-15-7-13-33(42-35)31-11-3-5-23-40-31)46-39(45-37)36-16-8-14-34(43-36)32-12-4-6-24-41-32/h1-25H. The van der Waals surface area contributed by atoms with E-state index in [1.807, 2.05) is 84.9 Å². The van der Waals surface area contributed by atoms with Gasteiger partial charge in [0, 0.05) is 18.0 Å². The van der Waals surface area contributed by atoms with E-state index in [1.54, 1.807) is 12.4 Å². The van der Waals surface area contributed by atoms with Crippen molar-refractivity contribution in [3.05, 3.63) is 152 Å². The summed E-state index contributed by atoms with van der Waals surface area (Å²) in [5.74, 6) is 1.42. The van der Waals surface area contributed by atoms with Crippen molar-refractivity contribution >= 4 is 10.8 Å². The predicted molar refractivity (Wildman–Crippen MR) is 181 cm³/mol. The van der Waals surface area contributed by atoms with Gasteiger partial charge in [0.2, 0.25) is 0 Å². The Morgan fingerprint density at radius 1 is 0.283 bits per heavy atom. The molecule has 0 fully saturated rings. The summed E-state index contributed by atoms with van der Waals surface area (Å²) in [7, 11) is 0. The molecular weight excluding hydrogens is 566 g/mol. The van der Waals surface area contributed by atoms with E-state index in [0.29, 0.717) is 28.9 Å². The van der Waals surface area contributed by atoms with Gasteiger partial charge in [-0.25, -0.2) is 24.9 Å². The van der Waals surface area contributed by atoms with E-state index < -0.39 is 0 Å². The van der Waals surface area contributed by atoms with E-state index in [-0.39, 0.29) is 0 Å². The van der Waals surface area contributed by atoms with Crippen LogP contribution in [0.2, 0.25) is 0 Å². The Morgan fingerprint density at radius 3 is 1.35 bits per heavy atom. The first kappa shape index (κ1) is 27.1. The summed E-state index contributed by atoms with van der Waals surface area (Å²) in [5, 5.41) is 2.42. The minimum absolute atomic E-state index is 0.446. The van der Waals surface area contributed by atoms with Crippen LogP contribution in [0.5, 0.6) is 0 Å². The highest BCUT2D eigenvalue weighted by Crippen LogP contribution is 2.29. The van der Waals surface area contributed by atoms with Gasteiger partial charge in [-0.05, 0) is 76.5 Å². The van der Waals surface area contributed by atoms with Crippen molar-refractivity contribution in [3.63, 3.8) is 0 Å². The molecule has 0 saturated carbocycles. The molecule has 0 amide bonds. The molecule has 0 aliphatic carbocycles. The first-order valence-corrected chi connectivity index (χ1v) is 14.9. The molecule has 8 rings (SSSR count). The molecule has 7 heteroatoms. The molecule has 0 saturated heterocycles. The van der Waals surface area contributed by atoms with Crippen molar-refractivity contribution in [1.82, 2.24) is 34.9 Å². The van der Waals surface area contributed by atoms with Gasteiger partial charge >= 0.3 is 0 Å². The Bertz CT molecular complexity index is 2200.